The molecule has 1 aromatic heterocycles. The summed E-state index contributed by atoms with van der Waals surface area (Å²) < 4.78 is 40.7. The van der Waals surface area contributed by atoms with Crippen LogP contribution in [0, 0.1) is 20.8 Å². The Morgan fingerprint density at radius 3 is 2.48 bits per heavy atom. The zero-order valence-corrected chi connectivity index (χ0v) is 24.4. The van der Waals surface area contributed by atoms with Gasteiger partial charge in [-0.05, 0) is 77.3 Å². The van der Waals surface area contributed by atoms with Gasteiger partial charge >= 0.3 is 12.1 Å². The number of carbonyl (C=O) groups is 2. The fourth-order valence-corrected chi connectivity index (χ4v) is 6.64. The van der Waals surface area contributed by atoms with E-state index in [1.807, 2.05) is 26.0 Å². The number of esters is 1. The van der Waals surface area contributed by atoms with Gasteiger partial charge in [-0.2, -0.15) is 4.31 Å². The molecule has 2 heterocycles. The number of ether oxygens (including phenoxy) is 2. The molecule has 0 bridgehead atoms. The third-order valence-electron chi connectivity index (χ3n) is 6.69. The van der Waals surface area contributed by atoms with Crippen molar-refractivity contribution in [1.29, 1.82) is 0 Å². The Balaban J connectivity index is 1.56. The highest BCUT2D eigenvalue weighted by Crippen LogP contribution is 2.29. The second-order valence-electron chi connectivity index (χ2n) is 11.1. The van der Waals surface area contributed by atoms with Gasteiger partial charge in [0.05, 0.1) is 10.5 Å². The minimum Gasteiger partial charge on any atom is -0.444 e. The Labute approximate surface area is 233 Å². The molecule has 4 rings (SSSR count). The summed E-state index contributed by atoms with van der Waals surface area (Å²) in [4.78, 5) is 38.2. The molecule has 1 saturated heterocycles. The van der Waals surface area contributed by atoms with Crippen LogP contribution in [-0.2, 0) is 26.2 Å². The number of nitrogens with zero attached hydrogens (tertiary/aromatic N) is 2. The third kappa shape index (κ3) is 6.20. The highest BCUT2D eigenvalue weighted by atomic mass is 32.2. The standard InChI is InChI=1S/C29H35N3O7S/c1-18-10-11-22(19(2)14-18)27(34)38-17-31-15-20(3)25-23(26(31)33)8-7-9-24(25)40(36,37)32-13-12-21(16-32)30-28(35)39-29(4,5)6/h7-11,14-15,21H,12-13,16-17H2,1-6H3,(H,30,35)/t21-/m0/s1. The topological polar surface area (TPSA) is 124 Å². The lowest BCUT2D eigenvalue weighted by molar-refractivity contribution is 0.0365. The van der Waals surface area contributed by atoms with E-state index in [0.29, 0.717) is 22.9 Å². The summed E-state index contributed by atoms with van der Waals surface area (Å²) in [5.74, 6) is -0.554. The first kappa shape index (κ1) is 29.3. The van der Waals surface area contributed by atoms with Gasteiger partial charge in [0.1, 0.15) is 5.60 Å². The van der Waals surface area contributed by atoms with Crippen molar-refractivity contribution in [3.63, 3.8) is 0 Å². The average Bonchev–Trinajstić information content (AvgIpc) is 3.32. The van der Waals surface area contributed by atoms with Crippen molar-refractivity contribution in [3.8, 4) is 0 Å². The van der Waals surface area contributed by atoms with Crippen LogP contribution in [-0.4, -0.2) is 54.1 Å². The number of benzene rings is 2. The van der Waals surface area contributed by atoms with Crippen molar-refractivity contribution in [2.24, 2.45) is 0 Å². The number of aromatic nitrogens is 1. The number of fused-ring (bicyclic) bond motifs is 1. The van der Waals surface area contributed by atoms with Crippen LogP contribution in [0.2, 0.25) is 0 Å². The van der Waals surface area contributed by atoms with Crippen LogP contribution >= 0.6 is 0 Å². The van der Waals surface area contributed by atoms with E-state index in [0.717, 1.165) is 11.1 Å². The highest BCUT2D eigenvalue weighted by molar-refractivity contribution is 7.89. The smallest absolute Gasteiger partial charge is 0.407 e. The minimum absolute atomic E-state index is 0.0111. The maximum absolute atomic E-state index is 13.7. The lowest BCUT2D eigenvalue weighted by Crippen LogP contribution is -2.41. The molecule has 40 heavy (non-hydrogen) atoms. The van der Waals surface area contributed by atoms with Gasteiger partial charge in [-0.3, -0.25) is 9.36 Å². The largest absolute Gasteiger partial charge is 0.444 e. The molecule has 1 aliphatic heterocycles. The zero-order chi connectivity index (χ0) is 29.4. The van der Waals surface area contributed by atoms with Crippen LogP contribution in [0.5, 0.6) is 0 Å². The van der Waals surface area contributed by atoms with E-state index in [2.05, 4.69) is 5.32 Å². The molecular weight excluding hydrogens is 534 g/mol. The molecule has 214 valence electrons. The quantitative estimate of drug-likeness (QED) is 0.445. The van der Waals surface area contributed by atoms with E-state index in [4.69, 9.17) is 9.47 Å². The van der Waals surface area contributed by atoms with Crippen LogP contribution in [0.15, 0.2) is 52.3 Å². The number of sulfonamides is 1. The van der Waals surface area contributed by atoms with Crippen LogP contribution < -0.4 is 10.9 Å². The predicted molar refractivity (Wildman–Crippen MR) is 151 cm³/mol. The SMILES string of the molecule is Cc1ccc(C(=O)OCn2cc(C)c3c(S(=O)(=O)N4CC[C@H](NC(=O)OC(C)(C)C)C4)cccc3c2=O)c(C)c1. The Bertz CT molecular complexity index is 1640. The first-order valence-electron chi connectivity index (χ1n) is 13.0. The van der Waals surface area contributed by atoms with Gasteiger partial charge in [0.2, 0.25) is 10.0 Å². The molecule has 1 N–H and O–H groups in total. The summed E-state index contributed by atoms with van der Waals surface area (Å²) in [5, 5.41) is 3.25. The van der Waals surface area contributed by atoms with Crippen molar-refractivity contribution in [2.75, 3.05) is 13.1 Å². The predicted octanol–water partition coefficient (Wildman–Crippen LogP) is 4.03. The second-order valence-corrected chi connectivity index (χ2v) is 13.0. The average molecular weight is 570 g/mol. The Hall–Kier alpha value is -3.70. The normalized spacial score (nSPS) is 16.2. The number of nitrogens with one attached hydrogen (secondary N) is 1. The summed E-state index contributed by atoms with van der Waals surface area (Å²) in [5.41, 5.74) is 1.60. The number of hydrogen-bond acceptors (Lipinski definition) is 7. The van der Waals surface area contributed by atoms with Crippen LogP contribution in [0.3, 0.4) is 0 Å². The zero-order valence-electron chi connectivity index (χ0n) is 23.6. The summed E-state index contributed by atoms with van der Waals surface area (Å²) in [6, 6.07) is 9.53. The third-order valence-corrected chi connectivity index (χ3v) is 8.60. The number of alkyl carbamates (subject to hydrolysis) is 1. The van der Waals surface area contributed by atoms with Gasteiger partial charge in [0.15, 0.2) is 6.73 Å². The van der Waals surface area contributed by atoms with Gasteiger partial charge in [0, 0.05) is 36.1 Å². The number of rotatable bonds is 6. The molecule has 0 spiro atoms. The molecule has 0 unspecified atom stereocenters. The van der Waals surface area contributed by atoms with E-state index in [1.54, 1.807) is 39.8 Å². The lowest BCUT2D eigenvalue weighted by Gasteiger charge is -2.22. The van der Waals surface area contributed by atoms with Crippen molar-refractivity contribution in [2.45, 2.75) is 71.2 Å². The molecule has 0 radical (unpaired) electrons. The molecular formula is C29H35N3O7S. The van der Waals surface area contributed by atoms with E-state index in [9.17, 15) is 22.8 Å². The molecule has 0 saturated carbocycles. The molecule has 0 aliphatic carbocycles. The second kappa shape index (κ2) is 11.1. The molecule has 1 atom stereocenters. The van der Waals surface area contributed by atoms with E-state index in [1.165, 1.54) is 27.2 Å². The molecule has 1 fully saturated rings. The monoisotopic (exact) mass is 569 g/mol. The molecule has 10 nitrogen and oxygen atoms in total. The number of carbonyl (C=O) groups excluding carboxylic acids is 2. The van der Waals surface area contributed by atoms with Gasteiger partial charge in [-0.25, -0.2) is 18.0 Å². The molecule has 11 heteroatoms. The fourth-order valence-electron chi connectivity index (χ4n) is 4.86. The number of hydrogen-bond donors (Lipinski definition) is 1. The number of amides is 1. The van der Waals surface area contributed by atoms with Crippen molar-refractivity contribution >= 4 is 32.9 Å². The minimum atomic E-state index is -3.98. The Morgan fingerprint density at radius 1 is 1.07 bits per heavy atom. The van der Waals surface area contributed by atoms with Crippen LogP contribution in [0.25, 0.3) is 10.8 Å². The van der Waals surface area contributed by atoms with Gasteiger partial charge in [0.25, 0.3) is 5.56 Å². The lowest BCUT2D eigenvalue weighted by atomic mass is 10.1. The van der Waals surface area contributed by atoms with Gasteiger partial charge in [-0.15, -0.1) is 0 Å². The van der Waals surface area contributed by atoms with Crippen LogP contribution in [0.4, 0.5) is 4.79 Å². The molecule has 2 aromatic carbocycles. The summed E-state index contributed by atoms with van der Waals surface area (Å²) in [7, 11) is -3.98. The first-order valence-corrected chi connectivity index (χ1v) is 14.5. The van der Waals surface area contributed by atoms with E-state index in [-0.39, 0.29) is 30.1 Å². The maximum Gasteiger partial charge on any atom is 0.407 e. The van der Waals surface area contributed by atoms with E-state index < -0.39 is 39.3 Å². The van der Waals surface area contributed by atoms with Gasteiger partial charge < -0.3 is 14.8 Å². The Morgan fingerprint density at radius 2 is 1.80 bits per heavy atom. The Kier molecular flexibility index (Phi) is 8.09. The van der Waals surface area contributed by atoms with Crippen molar-refractivity contribution in [1.82, 2.24) is 14.2 Å². The molecule has 1 aliphatic rings. The number of pyridine rings is 1. The van der Waals surface area contributed by atoms with Crippen molar-refractivity contribution < 1.29 is 27.5 Å². The highest BCUT2D eigenvalue weighted by Gasteiger charge is 2.35. The van der Waals surface area contributed by atoms with Crippen molar-refractivity contribution in [3.05, 3.63) is 75.2 Å². The fraction of sp³-hybridized carbons (Fsp3) is 0.414. The summed E-state index contributed by atoms with van der Waals surface area (Å²) in [6.07, 6.45) is 1.33. The summed E-state index contributed by atoms with van der Waals surface area (Å²) >= 11 is 0. The molecule has 1 amide bonds. The van der Waals surface area contributed by atoms with Crippen LogP contribution in [0.1, 0.15) is 54.2 Å². The number of aryl methyl sites for hydroxylation is 3. The molecule has 3 aromatic rings. The summed E-state index contributed by atoms with van der Waals surface area (Å²) in [6.45, 7) is 10.7. The van der Waals surface area contributed by atoms with Gasteiger partial charge in [-0.1, -0.05) is 23.8 Å². The van der Waals surface area contributed by atoms with E-state index >= 15 is 0 Å². The first-order chi connectivity index (χ1) is 18.7. The maximum atomic E-state index is 13.7.